The smallest absolute Gasteiger partial charge is 0.0678 e. The van der Waals surface area contributed by atoms with E-state index in [0.29, 0.717) is 22.3 Å². The lowest BCUT2D eigenvalue weighted by atomic mass is 10.1. The minimum absolute atomic E-state index is 0.293. The van der Waals surface area contributed by atoms with Gasteiger partial charge in [-0.05, 0) is 31.5 Å². The number of ether oxygens (including phenoxy) is 1. The van der Waals surface area contributed by atoms with E-state index >= 15 is 0 Å². The first-order valence-electron chi connectivity index (χ1n) is 5.86. The maximum atomic E-state index is 6.01. The van der Waals surface area contributed by atoms with E-state index in [4.69, 9.17) is 27.9 Å². The van der Waals surface area contributed by atoms with Crippen molar-refractivity contribution >= 4 is 23.2 Å². The Balaban J connectivity index is 2.02. The van der Waals surface area contributed by atoms with Crippen LogP contribution in [0.4, 0.5) is 0 Å². The van der Waals surface area contributed by atoms with Gasteiger partial charge in [0.15, 0.2) is 0 Å². The molecule has 1 saturated heterocycles. The standard InChI is InChI=1S/C13H17Cl2NO/c1-9-6-16(7-10(2)17-9)8-11-3-4-12(14)13(15)5-11/h3-5,9-10H,6-8H2,1-2H3/t9-,10+. The van der Waals surface area contributed by atoms with Crippen LogP contribution in [-0.4, -0.2) is 30.2 Å². The minimum Gasteiger partial charge on any atom is -0.373 e. The van der Waals surface area contributed by atoms with E-state index in [2.05, 4.69) is 18.7 Å². The van der Waals surface area contributed by atoms with Gasteiger partial charge in [0.1, 0.15) is 0 Å². The predicted molar refractivity (Wildman–Crippen MR) is 71.7 cm³/mol. The topological polar surface area (TPSA) is 12.5 Å². The van der Waals surface area contributed by atoms with Crippen LogP contribution in [0.2, 0.25) is 10.0 Å². The molecule has 0 bridgehead atoms. The number of hydrogen-bond donors (Lipinski definition) is 0. The number of nitrogens with zero attached hydrogens (tertiary/aromatic N) is 1. The van der Waals surface area contributed by atoms with Crippen LogP contribution in [0, 0.1) is 0 Å². The van der Waals surface area contributed by atoms with Gasteiger partial charge in [-0.1, -0.05) is 29.3 Å². The maximum Gasteiger partial charge on any atom is 0.0678 e. The van der Waals surface area contributed by atoms with Gasteiger partial charge in [0.25, 0.3) is 0 Å². The largest absolute Gasteiger partial charge is 0.373 e. The van der Waals surface area contributed by atoms with Gasteiger partial charge in [0.05, 0.1) is 22.3 Å². The molecule has 2 rings (SSSR count). The van der Waals surface area contributed by atoms with Crippen LogP contribution < -0.4 is 0 Å². The molecule has 94 valence electrons. The summed E-state index contributed by atoms with van der Waals surface area (Å²) >= 11 is 11.9. The molecule has 0 unspecified atom stereocenters. The van der Waals surface area contributed by atoms with E-state index in [9.17, 15) is 0 Å². The van der Waals surface area contributed by atoms with E-state index in [1.807, 2.05) is 18.2 Å². The van der Waals surface area contributed by atoms with Gasteiger partial charge in [-0.3, -0.25) is 4.90 Å². The van der Waals surface area contributed by atoms with Crippen LogP contribution in [-0.2, 0) is 11.3 Å². The van der Waals surface area contributed by atoms with Crippen molar-refractivity contribution in [2.45, 2.75) is 32.6 Å². The Hall–Kier alpha value is -0.280. The highest BCUT2D eigenvalue weighted by Gasteiger charge is 2.22. The molecular formula is C13H17Cl2NO. The van der Waals surface area contributed by atoms with Crippen LogP contribution in [0.25, 0.3) is 0 Å². The summed E-state index contributed by atoms with van der Waals surface area (Å²) in [5, 5.41) is 1.23. The van der Waals surface area contributed by atoms with Gasteiger partial charge in [-0.15, -0.1) is 0 Å². The third kappa shape index (κ3) is 3.59. The lowest BCUT2D eigenvalue weighted by Gasteiger charge is -2.35. The second-order valence-electron chi connectivity index (χ2n) is 4.70. The molecule has 4 heteroatoms. The van der Waals surface area contributed by atoms with Gasteiger partial charge in [-0.2, -0.15) is 0 Å². The number of morpholine rings is 1. The second-order valence-corrected chi connectivity index (χ2v) is 5.51. The Morgan fingerprint density at radius 3 is 2.41 bits per heavy atom. The highest BCUT2D eigenvalue weighted by Crippen LogP contribution is 2.24. The molecule has 0 N–H and O–H groups in total. The zero-order valence-corrected chi connectivity index (χ0v) is 11.6. The van der Waals surface area contributed by atoms with Crippen LogP contribution in [0.5, 0.6) is 0 Å². The normalized spacial score (nSPS) is 26.1. The summed E-state index contributed by atoms with van der Waals surface area (Å²) in [6.45, 7) is 7.04. The number of benzene rings is 1. The maximum absolute atomic E-state index is 6.01. The van der Waals surface area contributed by atoms with Crippen molar-refractivity contribution in [2.24, 2.45) is 0 Å². The van der Waals surface area contributed by atoms with Crippen molar-refractivity contribution in [1.29, 1.82) is 0 Å². The predicted octanol–water partition coefficient (Wildman–Crippen LogP) is 3.60. The first-order valence-corrected chi connectivity index (χ1v) is 6.62. The van der Waals surface area contributed by atoms with Crippen molar-refractivity contribution in [3.63, 3.8) is 0 Å². The zero-order valence-electron chi connectivity index (χ0n) is 10.1. The summed E-state index contributed by atoms with van der Waals surface area (Å²) in [6, 6.07) is 5.82. The summed E-state index contributed by atoms with van der Waals surface area (Å²) in [4.78, 5) is 2.39. The Kier molecular flexibility index (Phi) is 4.31. The van der Waals surface area contributed by atoms with E-state index in [-0.39, 0.29) is 0 Å². The van der Waals surface area contributed by atoms with E-state index in [1.54, 1.807) is 0 Å². The Morgan fingerprint density at radius 2 is 1.82 bits per heavy atom. The molecule has 2 atom stereocenters. The highest BCUT2D eigenvalue weighted by atomic mass is 35.5. The van der Waals surface area contributed by atoms with E-state index in [0.717, 1.165) is 19.6 Å². The molecule has 1 aliphatic heterocycles. The molecule has 1 aliphatic rings. The van der Waals surface area contributed by atoms with Crippen molar-refractivity contribution in [3.8, 4) is 0 Å². The zero-order chi connectivity index (χ0) is 12.4. The minimum atomic E-state index is 0.293. The Morgan fingerprint density at radius 1 is 1.18 bits per heavy atom. The molecule has 1 heterocycles. The van der Waals surface area contributed by atoms with Crippen LogP contribution >= 0.6 is 23.2 Å². The van der Waals surface area contributed by atoms with E-state index in [1.165, 1.54) is 5.56 Å². The summed E-state index contributed by atoms with van der Waals surface area (Å²) in [5.74, 6) is 0. The fourth-order valence-electron chi connectivity index (χ4n) is 2.31. The van der Waals surface area contributed by atoms with Crippen LogP contribution in [0.15, 0.2) is 18.2 Å². The van der Waals surface area contributed by atoms with E-state index < -0.39 is 0 Å². The van der Waals surface area contributed by atoms with Crippen molar-refractivity contribution < 1.29 is 4.74 Å². The summed E-state index contributed by atoms with van der Waals surface area (Å²) in [7, 11) is 0. The van der Waals surface area contributed by atoms with Gasteiger partial charge < -0.3 is 4.74 Å². The van der Waals surface area contributed by atoms with Crippen LogP contribution in [0.3, 0.4) is 0 Å². The molecule has 0 amide bonds. The second kappa shape index (κ2) is 5.57. The summed E-state index contributed by atoms with van der Waals surface area (Å²) in [5.41, 5.74) is 1.20. The first-order chi connectivity index (χ1) is 8.04. The third-order valence-electron chi connectivity index (χ3n) is 2.89. The van der Waals surface area contributed by atoms with Gasteiger partial charge in [-0.25, -0.2) is 0 Å². The molecule has 17 heavy (non-hydrogen) atoms. The average Bonchev–Trinajstić information content (AvgIpc) is 2.22. The molecule has 0 radical (unpaired) electrons. The number of halogens is 2. The summed E-state index contributed by atoms with van der Waals surface area (Å²) in [6.07, 6.45) is 0.586. The number of hydrogen-bond acceptors (Lipinski definition) is 2. The first kappa shape index (κ1) is 13.2. The third-order valence-corrected chi connectivity index (χ3v) is 3.62. The molecule has 0 saturated carbocycles. The summed E-state index contributed by atoms with van der Waals surface area (Å²) < 4.78 is 5.71. The SMILES string of the molecule is C[C@@H]1CN(Cc2ccc(Cl)c(Cl)c2)C[C@H](C)O1. The lowest BCUT2D eigenvalue weighted by Crippen LogP contribution is -2.44. The average molecular weight is 274 g/mol. The van der Waals surface area contributed by atoms with Crippen LogP contribution in [0.1, 0.15) is 19.4 Å². The molecule has 0 spiro atoms. The fourth-order valence-corrected chi connectivity index (χ4v) is 2.63. The van der Waals surface area contributed by atoms with Crippen molar-refractivity contribution in [1.82, 2.24) is 4.90 Å². The molecule has 0 aromatic heterocycles. The molecule has 1 aromatic carbocycles. The van der Waals surface area contributed by atoms with Gasteiger partial charge in [0, 0.05) is 19.6 Å². The molecular weight excluding hydrogens is 257 g/mol. The van der Waals surface area contributed by atoms with Gasteiger partial charge >= 0.3 is 0 Å². The fraction of sp³-hybridized carbons (Fsp3) is 0.538. The Bertz CT molecular complexity index is 387. The quantitative estimate of drug-likeness (QED) is 0.817. The molecule has 1 aromatic rings. The molecule has 0 aliphatic carbocycles. The monoisotopic (exact) mass is 273 g/mol. The number of rotatable bonds is 2. The Labute approximate surface area is 112 Å². The molecule has 2 nitrogen and oxygen atoms in total. The van der Waals surface area contributed by atoms with Crippen molar-refractivity contribution in [3.05, 3.63) is 33.8 Å². The van der Waals surface area contributed by atoms with Crippen molar-refractivity contribution in [2.75, 3.05) is 13.1 Å². The highest BCUT2D eigenvalue weighted by molar-refractivity contribution is 6.42. The lowest BCUT2D eigenvalue weighted by molar-refractivity contribution is -0.0704. The molecule has 1 fully saturated rings. The van der Waals surface area contributed by atoms with Gasteiger partial charge in [0.2, 0.25) is 0 Å².